The molecule has 7 nitrogen and oxygen atoms in total. The molecular formula is C25H36N6O. The van der Waals surface area contributed by atoms with Crippen molar-refractivity contribution in [2.75, 3.05) is 0 Å². The largest absolute Gasteiger partial charge is 0.322 e. The highest BCUT2D eigenvalue weighted by Gasteiger charge is 2.34. The normalized spacial score (nSPS) is 16.3. The molecule has 0 aliphatic heterocycles. The summed E-state index contributed by atoms with van der Waals surface area (Å²) in [6.07, 6.45) is 5.65. The summed E-state index contributed by atoms with van der Waals surface area (Å²) in [6, 6.07) is 6.80. The van der Waals surface area contributed by atoms with Gasteiger partial charge in [0.15, 0.2) is 5.82 Å². The Balaban J connectivity index is 1.77. The molecule has 1 N–H and O–H groups in total. The van der Waals surface area contributed by atoms with Crippen LogP contribution in [0.25, 0.3) is 10.9 Å². The van der Waals surface area contributed by atoms with Crippen molar-refractivity contribution in [1.29, 1.82) is 0 Å². The zero-order chi connectivity index (χ0) is 23.0. The van der Waals surface area contributed by atoms with Crippen LogP contribution >= 0.6 is 0 Å². The number of aromatic nitrogens is 5. The van der Waals surface area contributed by atoms with Gasteiger partial charge in [-0.15, -0.1) is 5.10 Å². The van der Waals surface area contributed by atoms with E-state index in [4.69, 9.17) is 0 Å². The molecular weight excluding hydrogens is 400 g/mol. The third kappa shape index (κ3) is 4.35. The van der Waals surface area contributed by atoms with Gasteiger partial charge in [-0.2, -0.15) is 0 Å². The van der Waals surface area contributed by atoms with E-state index < -0.39 is 0 Å². The van der Waals surface area contributed by atoms with Gasteiger partial charge in [0, 0.05) is 29.1 Å². The monoisotopic (exact) mass is 436 g/mol. The first kappa shape index (κ1) is 22.6. The lowest BCUT2D eigenvalue weighted by Crippen LogP contribution is -2.40. The van der Waals surface area contributed by atoms with Crippen molar-refractivity contribution in [1.82, 2.24) is 30.1 Å². The topological polar surface area (TPSA) is 79.7 Å². The Labute approximate surface area is 190 Å². The van der Waals surface area contributed by atoms with E-state index in [2.05, 4.69) is 85.2 Å². The fourth-order valence-electron chi connectivity index (χ4n) is 5.20. The fraction of sp³-hybridized carbons (Fsp3) is 0.600. The van der Waals surface area contributed by atoms with Crippen LogP contribution in [0.2, 0.25) is 0 Å². The lowest BCUT2D eigenvalue weighted by Gasteiger charge is -2.36. The lowest BCUT2D eigenvalue weighted by atomic mass is 10.0. The standard InChI is InChI=1S/C25H36N6O/c1-7-22(23-27-28-29-31(23)25(4,5)6)30(19-10-8-9-11-19)15-18-14-20-17(3)12-16(2)13-21(20)26-24(18)32/h12-14,19,22H,7-11,15H2,1-6H3,(H,26,32). The minimum atomic E-state index is -0.205. The van der Waals surface area contributed by atoms with E-state index in [0.717, 1.165) is 47.1 Å². The summed E-state index contributed by atoms with van der Waals surface area (Å²) < 4.78 is 1.95. The number of H-pyrrole nitrogens is 1. The van der Waals surface area contributed by atoms with Gasteiger partial charge in [-0.1, -0.05) is 25.8 Å². The summed E-state index contributed by atoms with van der Waals surface area (Å²) in [5.74, 6) is 0.885. The van der Waals surface area contributed by atoms with E-state index in [-0.39, 0.29) is 17.1 Å². The number of nitrogens with zero attached hydrogens (tertiary/aromatic N) is 5. The Hall–Kier alpha value is -2.54. The number of hydrogen-bond acceptors (Lipinski definition) is 5. The van der Waals surface area contributed by atoms with Crippen molar-refractivity contribution in [3.8, 4) is 0 Å². The van der Waals surface area contributed by atoms with Crippen LogP contribution in [0.4, 0.5) is 0 Å². The lowest BCUT2D eigenvalue weighted by molar-refractivity contribution is 0.108. The van der Waals surface area contributed by atoms with Crippen LogP contribution < -0.4 is 5.56 Å². The molecule has 0 amide bonds. The minimum Gasteiger partial charge on any atom is -0.322 e. The highest BCUT2D eigenvalue weighted by Crippen LogP contribution is 2.34. The second-order valence-electron chi connectivity index (χ2n) is 10.3. The molecule has 2 aromatic heterocycles. The van der Waals surface area contributed by atoms with Crippen LogP contribution in [0.3, 0.4) is 0 Å². The molecule has 1 aliphatic carbocycles. The summed E-state index contributed by atoms with van der Waals surface area (Å²) in [5, 5.41) is 13.9. The molecule has 172 valence electrons. The number of aromatic amines is 1. The van der Waals surface area contributed by atoms with Gasteiger partial charge in [-0.05, 0) is 87.6 Å². The van der Waals surface area contributed by atoms with Gasteiger partial charge < -0.3 is 4.98 Å². The highest BCUT2D eigenvalue weighted by atomic mass is 16.1. The van der Waals surface area contributed by atoms with E-state index in [0.29, 0.717) is 12.6 Å². The van der Waals surface area contributed by atoms with Gasteiger partial charge in [0.05, 0.1) is 11.6 Å². The van der Waals surface area contributed by atoms with E-state index in [1.54, 1.807) is 0 Å². The van der Waals surface area contributed by atoms with E-state index in [1.807, 2.05) is 4.68 Å². The number of tetrazole rings is 1. The predicted molar refractivity (Wildman–Crippen MR) is 128 cm³/mol. The third-order valence-corrected chi connectivity index (χ3v) is 6.75. The van der Waals surface area contributed by atoms with Gasteiger partial charge in [-0.25, -0.2) is 4.68 Å². The first-order valence-corrected chi connectivity index (χ1v) is 11.9. The Morgan fingerprint density at radius 2 is 1.91 bits per heavy atom. The summed E-state index contributed by atoms with van der Waals surface area (Å²) in [7, 11) is 0. The third-order valence-electron chi connectivity index (χ3n) is 6.75. The molecule has 1 aromatic carbocycles. The Morgan fingerprint density at radius 1 is 1.19 bits per heavy atom. The molecule has 3 aromatic rings. The van der Waals surface area contributed by atoms with Crippen molar-refractivity contribution in [2.45, 2.75) is 97.8 Å². The zero-order valence-electron chi connectivity index (χ0n) is 20.3. The van der Waals surface area contributed by atoms with Crippen LogP contribution in [-0.2, 0) is 12.1 Å². The van der Waals surface area contributed by atoms with Crippen molar-refractivity contribution in [3.05, 3.63) is 51.1 Å². The van der Waals surface area contributed by atoms with Gasteiger partial charge in [0.1, 0.15) is 0 Å². The number of benzene rings is 1. The molecule has 0 bridgehead atoms. The van der Waals surface area contributed by atoms with Crippen LogP contribution in [0.1, 0.15) is 88.4 Å². The smallest absolute Gasteiger partial charge is 0.252 e. The van der Waals surface area contributed by atoms with Gasteiger partial charge >= 0.3 is 0 Å². The van der Waals surface area contributed by atoms with Crippen molar-refractivity contribution in [2.24, 2.45) is 0 Å². The minimum absolute atomic E-state index is 0.00392. The molecule has 0 spiro atoms. The number of aryl methyl sites for hydroxylation is 2. The molecule has 1 fully saturated rings. The first-order chi connectivity index (χ1) is 15.2. The zero-order valence-corrected chi connectivity index (χ0v) is 20.3. The maximum absolute atomic E-state index is 13.1. The molecule has 2 heterocycles. The molecule has 7 heteroatoms. The SMILES string of the molecule is CCC(c1nnnn1C(C)(C)C)N(Cc1cc2c(C)cc(C)cc2[nH]c1=O)C1CCCC1. The molecule has 32 heavy (non-hydrogen) atoms. The van der Waals surface area contributed by atoms with Crippen molar-refractivity contribution >= 4 is 10.9 Å². The van der Waals surface area contributed by atoms with Crippen molar-refractivity contribution < 1.29 is 0 Å². The van der Waals surface area contributed by atoms with Crippen LogP contribution in [0.5, 0.6) is 0 Å². The predicted octanol–water partition coefficient (Wildman–Crippen LogP) is 4.78. The highest BCUT2D eigenvalue weighted by molar-refractivity contribution is 5.83. The van der Waals surface area contributed by atoms with Crippen LogP contribution in [0, 0.1) is 13.8 Å². The van der Waals surface area contributed by atoms with E-state index in [1.165, 1.54) is 18.4 Å². The van der Waals surface area contributed by atoms with Gasteiger partial charge in [0.2, 0.25) is 0 Å². The van der Waals surface area contributed by atoms with E-state index >= 15 is 0 Å². The molecule has 1 atom stereocenters. The maximum atomic E-state index is 13.1. The first-order valence-electron chi connectivity index (χ1n) is 11.9. The number of nitrogens with one attached hydrogen (secondary N) is 1. The Kier molecular flexibility index (Phi) is 6.21. The van der Waals surface area contributed by atoms with Gasteiger partial charge in [0.25, 0.3) is 5.56 Å². The maximum Gasteiger partial charge on any atom is 0.252 e. The molecule has 1 aliphatic rings. The number of fused-ring (bicyclic) bond motifs is 1. The number of rotatable bonds is 6. The number of pyridine rings is 1. The second kappa shape index (κ2) is 8.77. The van der Waals surface area contributed by atoms with Gasteiger partial charge in [-0.3, -0.25) is 9.69 Å². The summed E-state index contributed by atoms with van der Waals surface area (Å²) >= 11 is 0. The average molecular weight is 437 g/mol. The molecule has 0 saturated heterocycles. The van der Waals surface area contributed by atoms with Crippen LogP contribution in [-0.4, -0.2) is 36.1 Å². The Morgan fingerprint density at radius 3 is 2.56 bits per heavy atom. The summed E-state index contributed by atoms with van der Waals surface area (Å²) in [5.41, 5.74) is 3.86. The molecule has 0 radical (unpaired) electrons. The molecule has 1 unspecified atom stereocenters. The van der Waals surface area contributed by atoms with Crippen molar-refractivity contribution in [3.63, 3.8) is 0 Å². The molecule has 1 saturated carbocycles. The summed E-state index contributed by atoms with van der Waals surface area (Å²) in [6.45, 7) is 13.3. The summed E-state index contributed by atoms with van der Waals surface area (Å²) in [4.78, 5) is 18.7. The average Bonchev–Trinajstić information content (AvgIpc) is 3.40. The quantitative estimate of drug-likeness (QED) is 0.601. The second-order valence-corrected chi connectivity index (χ2v) is 10.3. The van der Waals surface area contributed by atoms with E-state index in [9.17, 15) is 4.79 Å². The molecule has 4 rings (SSSR count). The van der Waals surface area contributed by atoms with Crippen LogP contribution in [0.15, 0.2) is 23.0 Å². The number of hydrogen-bond donors (Lipinski definition) is 1. The Bertz CT molecular complexity index is 1150. The fourth-order valence-corrected chi connectivity index (χ4v) is 5.20.